The fraction of sp³-hybridized carbons (Fsp3) is 0.0870. The second-order valence-corrected chi connectivity index (χ2v) is 7.21. The highest BCUT2D eigenvalue weighted by Crippen LogP contribution is 2.24. The van der Waals surface area contributed by atoms with E-state index in [4.69, 9.17) is 11.6 Å². The van der Waals surface area contributed by atoms with Gasteiger partial charge in [-0.25, -0.2) is 8.78 Å². The fourth-order valence-electron chi connectivity index (χ4n) is 3.38. The molecule has 0 aliphatic rings. The Balaban J connectivity index is 1.59. The van der Waals surface area contributed by atoms with Gasteiger partial charge in [0.2, 0.25) is 5.91 Å². The first-order valence-corrected chi connectivity index (χ1v) is 9.43. The van der Waals surface area contributed by atoms with Crippen LogP contribution in [0, 0.1) is 11.6 Å². The third-order valence-corrected chi connectivity index (χ3v) is 4.90. The molecule has 0 atom stereocenters. The zero-order valence-electron chi connectivity index (χ0n) is 15.3. The number of amides is 1. The molecule has 3 nitrogen and oxygen atoms in total. The van der Waals surface area contributed by atoms with Crippen molar-refractivity contribution in [3.8, 4) is 0 Å². The Morgan fingerprint density at radius 2 is 1.83 bits per heavy atom. The van der Waals surface area contributed by atoms with Crippen molar-refractivity contribution in [1.29, 1.82) is 0 Å². The molecule has 1 amide bonds. The average Bonchev–Trinajstić information content (AvgIpc) is 3.01. The van der Waals surface area contributed by atoms with Gasteiger partial charge in [0.1, 0.15) is 11.6 Å². The standard InChI is InChI=1S/C23H17ClF2N2O/c24-17-5-3-4-15(10-17)13-28-14-16(19-6-1-2-7-22(19)28)11-23(29)27-21-9-8-18(25)12-20(21)26/h1-10,12,14H,11,13H2,(H,27,29). The summed E-state index contributed by atoms with van der Waals surface area (Å²) in [7, 11) is 0. The predicted octanol–water partition coefficient (Wildman–Crippen LogP) is 5.80. The van der Waals surface area contributed by atoms with Crippen LogP contribution in [0.2, 0.25) is 5.02 Å². The molecular formula is C23H17ClF2N2O. The molecule has 1 aromatic heterocycles. The van der Waals surface area contributed by atoms with Crippen molar-refractivity contribution >= 4 is 34.1 Å². The van der Waals surface area contributed by atoms with Gasteiger partial charge < -0.3 is 9.88 Å². The molecule has 4 rings (SSSR count). The summed E-state index contributed by atoms with van der Waals surface area (Å²) < 4.78 is 28.9. The number of benzene rings is 3. The van der Waals surface area contributed by atoms with Crippen molar-refractivity contribution in [3.63, 3.8) is 0 Å². The lowest BCUT2D eigenvalue weighted by atomic mass is 10.1. The molecule has 6 heteroatoms. The number of fused-ring (bicyclic) bond motifs is 1. The highest BCUT2D eigenvalue weighted by Gasteiger charge is 2.14. The van der Waals surface area contributed by atoms with Crippen LogP contribution in [0.5, 0.6) is 0 Å². The minimum absolute atomic E-state index is 0.0425. The van der Waals surface area contributed by atoms with Gasteiger partial charge in [-0.15, -0.1) is 0 Å². The maximum absolute atomic E-state index is 13.8. The van der Waals surface area contributed by atoms with Crippen LogP contribution in [0.4, 0.5) is 14.5 Å². The quantitative estimate of drug-likeness (QED) is 0.443. The Morgan fingerprint density at radius 1 is 1.00 bits per heavy atom. The maximum atomic E-state index is 13.8. The van der Waals surface area contributed by atoms with Crippen LogP contribution < -0.4 is 5.32 Å². The van der Waals surface area contributed by atoms with Crippen LogP contribution in [0.1, 0.15) is 11.1 Å². The Morgan fingerprint density at radius 3 is 2.62 bits per heavy atom. The average molecular weight is 411 g/mol. The molecule has 0 fully saturated rings. The Bertz CT molecular complexity index is 1200. The van der Waals surface area contributed by atoms with E-state index in [0.29, 0.717) is 11.6 Å². The van der Waals surface area contributed by atoms with Crippen LogP contribution in [-0.2, 0) is 17.8 Å². The van der Waals surface area contributed by atoms with Gasteiger partial charge in [0.05, 0.1) is 12.1 Å². The molecule has 0 bridgehead atoms. The van der Waals surface area contributed by atoms with Crippen LogP contribution in [0.3, 0.4) is 0 Å². The summed E-state index contributed by atoms with van der Waals surface area (Å²) in [6.45, 7) is 0.606. The summed E-state index contributed by atoms with van der Waals surface area (Å²) in [5, 5.41) is 4.12. The molecule has 29 heavy (non-hydrogen) atoms. The van der Waals surface area contributed by atoms with Gasteiger partial charge in [-0.3, -0.25) is 4.79 Å². The molecule has 0 radical (unpaired) electrons. The molecule has 0 aliphatic carbocycles. The second kappa shape index (κ2) is 8.05. The van der Waals surface area contributed by atoms with Crippen LogP contribution in [0.25, 0.3) is 10.9 Å². The molecule has 0 unspecified atom stereocenters. The maximum Gasteiger partial charge on any atom is 0.228 e. The van der Waals surface area contributed by atoms with Crippen molar-refractivity contribution < 1.29 is 13.6 Å². The van der Waals surface area contributed by atoms with Gasteiger partial charge in [-0.05, 0) is 41.5 Å². The number of hydrogen-bond acceptors (Lipinski definition) is 1. The SMILES string of the molecule is O=C(Cc1cn(Cc2cccc(Cl)c2)c2ccccc12)Nc1ccc(F)cc1F. The molecule has 3 aromatic carbocycles. The van der Waals surface area contributed by atoms with Crippen molar-refractivity contribution in [3.05, 3.63) is 101 Å². The largest absolute Gasteiger partial charge is 0.343 e. The summed E-state index contributed by atoms with van der Waals surface area (Å²) in [6, 6.07) is 18.5. The first-order chi connectivity index (χ1) is 14.0. The van der Waals surface area contributed by atoms with E-state index in [2.05, 4.69) is 9.88 Å². The number of rotatable bonds is 5. The number of hydrogen-bond donors (Lipinski definition) is 1. The van der Waals surface area contributed by atoms with E-state index in [1.807, 2.05) is 54.7 Å². The number of nitrogens with one attached hydrogen (secondary N) is 1. The van der Waals surface area contributed by atoms with Crippen molar-refractivity contribution in [2.24, 2.45) is 0 Å². The fourth-order valence-corrected chi connectivity index (χ4v) is 3.60. The van der Waals surface area contributed by atoms with E-state index in [1.54, 1.807) is 0 Å². The lowest BCUT2D eigenvalue weighted by Crippen LogP contribution is -2.15. The van der Waals surface area contributed by atoms with Gasteiger partial charge in [0.15, 0.2) is 0 Å². The molecule has 4 aromatic rings. The van der Waals surface area contributed by atoms with Gasteiger partial charge in [0, 0.05) is 34.7 Å². The van der Waals surface area contributed by atoms with E-state index in [-0.39, 0.29) is 18.0 Å². The number of halogens is 3. The normalized spacial score (nSPS) is 11.0. The third-order valence-electron chi connectivity index (χ3n) is 4.67. The van der Waals surface area contributed by atoms with Crippen molar-refractivity contribution in [2.45, 2.75) is 13.0 Å². The number of nitrogens with zero attached hydrogens (tertiary/aromatic N) is 1. The molecule has 1 heterocycles. The first-order valence-electron chi connectivity index (χ1n) is 9.06. The number of carbonyl (C=O) groups excluding carboxylic acids is 1. The van der Waals surface area contributed by atoms with Crippen molar-refractivity contribution in [2.75, 3.05) is 5.32 Å². The zero-order valence-corrected chi connectivity index (χ0v) is 16.1. The Hall–Kier alpha value is -3.18. The molecule has 0 spiro atoms. The zero-order chi connectivity index (χ0) is 20.4. The van der Waals surface area contributed by atoms with E-state index >= 15 is 0 Å². The van der Waals surface area contributed by atoms with Gasteiger partial charge in [-0.2, -0.15) is 0 Å². The molecule has 0 saturated carbocycles. The van der Waals surface area contributed by atoms with E-state index in [0.717, 1.165) is 34.2 Å². The Kier molecular flexibility index (Phi) is 5.32. The van der Waals surface area contributed by atoms with Crippen LogP contribution in [0.15, 0.2) is 72.9 Å². The minimum Gasteiger partial charge on any atom is -0.343 e. The number of anilines is 1. The monoisotopic (exact) mass is 410 g/mol. The van der Waals surface area contributed by atoms with Crippen molar-refractivity contribution in [1.82, 2.24) is 4.57 Å². The van der Waals surface area contributed by atoms with Crippen LogP contribution in [-0.4, -0.2) is 10.5 Å². The minimum atomic E-state index is -0.804. The number of aromatic nitrogens is 1. The van der Waals surface area contributed by atoms with Crippen LogP contribution >= 0.6 is 11.6 Å². The summed E-state index contributed by atoms with van der Waals surface area (Å²) >= 11 is 6.09. The summed E-state index contributed by atoms with van der Waals surface area (Å²) in [6.07, 6.45) is 1.99. The van der Waals surface area contributed by atoms with Gasteiger partial charge in [0.25, 0.3) is 0 Å². The lowest BCUT2D eigenvalue weighted by molar-refractivity contribution is -0.115. The lowest BCUT2D eigenvalue weighted by Gasteiger charge is -2.06. The second-order valence-electron chi connectivity index (χ2n) is 6.78. The first kappa shape index (κ1) is 19.2. The highest BCUT2D eigenvalue weighted by atomic mass is 35.5. The molecular weight excluding hydrogens is 394 g/mol. The summed E-state index contributed by atoms with van der Waals surface area (Å²) in [5.41, 5.74) is 2.81. The van der Waals surface area contributed by atoms with E-state index in [1.165, 1.54) is 6.07 Å². The Labute approximate surface area is 171 Å². The highest BCUT2D eigenvalue weighted by molar-refractivity contribution is 6.30. The summed E-state index contributed by atoms with van der Waals surface area (Å²) in [4.78, 5) is 12.5. The van der Waals surface area contributed by atoms with Gasteiger partial charge >= 0.3 is 0 Å². The molecule has 0 aliphatic heterocycles. The van der Waals surface area contributed by atoms with E-state index < -0.39 is 11.6 Å². The third kappa shape index (κ3) is 4.30. The van der Waals surface area contributed by atoms with Gasteiger partial charge in [-0.1, -0.05) is 41.9 Å². The number of para-hydroxylation sites is 1. The van der Waals surface area contributed by atoms with E-state index in [9.17, 15) is 13.6 Å². The smallest absolute Gasteiger partial charge is 0.228 e. The number of carbonyl (C=O) groups is 1. The molecule has 146 valence electrons. The molecule has 0 saturated heterocycles. The topological polar surface area (TPSA) is 34.0 Å². The molecule has 1 N–H and O–H groups in total. The predicted molar refractivity (Wildman–Crippen MR) is 111 cm³/mol. The summed E-state index contributed by atoms with van der Waals surface area (Å²) in [5.74, 6) is -1.87.